The second-order valence-corrected chi connectivity index (χ2v) is 4.70. The van der Waals surface area contributed by atoms with Gasteiger partial charge in [0, 0.05) is 24.3 Å². The molecule has 0 amide bonds. The fraction of sp³-hybridized carbons (Fsp3) is 0.333. The Bertz CT molecular complexity index is 664. The molecule has 2 aromatic rings. The number of nitrogens with two attached hydrogens (primary N) is 1. The highest BCUT2D eigenvalue weighted by molar-refractivity contribution is 5.97. The number of hydrogen-bond acceptors (Lipinski definition) is 6. The molecular weight excluding hydrogens is 258 g/mol. The lowest BCUT2D eigenvalue weighted by atomic mass is 10.2. The molecule has 1 aliphatic heterocycles. The van der Waals surface area contributed by atoms with Gasteiger partial charge in [-0.1, -0.05) is 5.16 Å². The number of oxime groups is 1. The number of fused-ring (bicyclic) bond motifs is 1. The molecule has 0 bridgehead atoms. The molecule has 0 fully saturated rings. The lowest BCUT2D eigenvalue weighted by Crippen LogP contribution is -2.34. The van der Waals surface area contributed by atoms with E-state index < -0.39 is 0 Å². The first kappa shape index (κ1) is 12.4. The predicted octanol–water partition coefficient (Wildman–Crippen LogP) is 0.0962. The number of nitrogens with zero attached hydrogens (tertiary/aromatic N) is 6. The summed E-state index contributed by atoms with van der Waals surface area (Å²) in [5, 5.41) is 19.8. The largest absolute Gasteiger partial charge is 0.409 e. The van der Waals surface area contributed by atoms with E-state index in [1.165, 1.54) is 0 Å². The van der Waals surface area contributed by atoms with Gasteiger partial charge in [0.25, 0.3) is 0 Å². The minimum absolute atomic E-state index is 0.0805. The van der Waals surface area contributed by atoms with Crippen LogP contribution in [0.2, 0.25) is 0 Å². The van der Waals surface area contributed by atoms with E-state index in [4.69, 9.17) is 10.9 Å². The lowest BCUT2D eigenvalue weighted by Gasteiger charge is -2.28. The van der Waals surface area contributed by atoms with E-state index in [1.807, 2.05) is 17.6 Å². The summed E-state index contributed by atoms with van der Waals surface area (Å²) in [5.74, 6) is 1.78. The van der Waals surface area contributed by atoms with Crippen LogP contribution in [-0.4, -0.2) is 37.3 Å². The van der Waals surface area contributed by atoms with Gasteiger partial charge < -0.3 is 20.4 Å². The van der Waals surface area contributed by atoms with Crippen molar-refractivity contribution < 1.29 is 5.21 Å². The monoisotopic (exact) mass is 273 g/mol. The quantitative estimate of drug-likeness (QED) is 0.348. The molecular formula is C12H15N7O. The highest BCUT2D eigenvalue weighted by Crippen LogP contribution is 2.19. The Morgan fingerprint density at radius 2 is 2.25 bits per heavy atom. The number of aryl methyl sites for hydroxylation is 1. The van der Waals surface area contributed by atoms with Crippen molar-refractivity contribution in [2.75, 3.05) is 11.4 Å². The molecule has 104 valence electrons. The first-order valence-corrected chi connectivity index (χ1v) is 6.25. The van der Waals surface area contributed by atoms with Crippen LogP contribution in [-0.2, 0) is 13.1 Å². The van der Waals surface area contributed by atoms with E-state index in [9.17, 15) is 0 Å². The Labute approximate surface area is 115 Å². The molecule has 3 N–H and O–H groups in total. The van der Waals surface area contributed by atoms with Gasteiger partial charge in [-0.25, -0.2) is 4.98 Å². The average molecular weight is 273 g/mol. The molecule has 0 unspecified atom stereocenters. The minimum Gasteiger partial charge on any atom is -0.409 e. The molecule has 0 spiro atoms. The first-order chi connectivity index (χ1) is 9.67. The highest BCUT2D eigenvalue weighted by atomic mass is 16.4. The summed E-state index contributed by atoms with van der Waals surface area (Å²) in [6.07, 6.45) is 1.73. The van der Waals surface area contributed by atoms with Gasteiger partial charge in [-0.2, -0.15) is 0 Å². The van der Waals surface area contributed by atoms with Crippen LogP contribution in [0.4, 0.5) is 5.82 Å². The van der Waals surface area contributed by atoms with Crippen LogP contribution < -0.4 is 10.6 Å². The third-order valence-electron chi connectivity index (χ3n) is 3.31. The van der Waals surface area contributed by atoms with Crippen LogP contribution >= 0.6 is 0 Å². The topological polar surface area (TPSA) is 105 Å². The summed E-state index contributed by atoms with van der Waals surface area (Å²) >= 11 is 0. The zero-order valence-electron chi connectivity index (χ0n) is 11.1. The minimum atomic E-state index is 0.0805. The Morgan fingerprint density at radius 1 is 1.40 bits per heavy atom. The van der Waals surface area contributed by atoms with Crippen LogP contribution in [0, 0.1) is 6.92 Å². The molecule has 2 aromatic heterocycles. The van der Waals surface area contributed by atoms with Crippen molar-refractivity contribution in [2.24, 2.45) is 10.9 Å². The maximum atomic E-state index is 8.79. The van der Waals surface area contributed by atoms with Crippen molar-refractivity contribution in [1.29, 1.82) is 0 Å². The Kier molecular flexibility index (Phi) is 2.97. The second-order valence-electron chi connectivity index (χ2n) is 4.70. The van der Waals surface area contributed by atoms with Gasteiger partial charge in [0.15, 0.2) is 11.7 Å². The predicted molar refractivity (Wildman–Crippen MR) is 72.6 cm³/mol. The van der Waals surface area contributed by atoms with Gasteiger partial charge in [-0.05, 0) is 19.1 Å². The molecule has 0 radical (unpaired) electrons. The van der Waals surface area contributed by atoms with Crippen molar-refractivity contribution in [1.82, 2.24) is 19.7 Å². The Morgan fingerprint density at radius 3 is 3.05 bits per heavy atom. The molecule has 0 saturated carbocycles. The number of hydrogen-bond donors (Lipinski definition) is 2. The van der Waals surface area contributed by atoms with E-state index in [1.54, 1.807) is 12.4 Å². The maximum Gasteiger partial charge on any atom is 0.170 e. The smallest absolute Gasteiger partial charge is 0.170 e. The molecule has 0 aromatic carbocycles. The molecule has 8 heteroatoms. The van der Waals surface area contributed by atoms with Gasteiger partial charge in [-0.15, -0.1) is 10.2 Å². The summed E-state index contributed by atoms with van der Waals surface area (Å²) < 4.78 is 2.02. The van der Waals surface area contributed by atoms with Gasteiger partial charge in [0.05, 0.1) is 6.54 Å². The van der Waals surface area contributed by atoms with Crippen molar-refractivity contribution in [3.63, 3.8) is 0 Å². The summed E-state index contributed by atoms with van der Waals surface area (Å²) in [4.78, 5) is 6.61. The van der Waals surface area contributed by atoms with Gasteiger partial charge in [-0.3, -0.25) is 0 Å². The number of rotatable bonds is 2. The third-order valence-corrected chi connectivity index (χ3v) is 3.31. The standard InChI is InChI=1S/C12H15N7O/c1-8-4-9(12(13)17-20)5-10(15-8)18-2-3-19-7-14-16-11(19)6-18/h4-5,7,20H,2-3,6H2,1H3,(H2,13,17). The molecule has 1 aliphatic rings. The molecule has 3 rings (SSSR count). The van der Waals surface area contributed by atoms with Crippen LogP contribution in [0.5, 0.6) is 0 Å². The SMILES string of the molecule is Cc1cc(/C(N)=N/O)cc(N2CCn3cnnc3C2)n1. The highest BCUT2D eigenvalue weighted by Gasteiger charge is 2.19. The van der Waals surface area contributed by atoms with E-state index in [2.05, 4.69) is 25.2 Å². The van der Waals surface area contributed by atoms with Crippen LogP contribution in [0.25, 0.3) is 0 Å². The maximum absolute atomic E-state index is 8.79. The normalized spacial score (nSPS) is 15.2. The molecule has 3 heterocycles. The van der Waals surface area contributed by atoms with Gasteiger partial charge >= 0.3 is 0 Å². The summed E-state index contributed by atoms with van der Waals surface area (Å²) in [5.41, 5.74) is 7.12. The van der Waals surface area contributed by atoms with Gasteiger partial charge in [0.1, 0.15) is 12.1 Å². The van der Waals surface area contributed by atoms with E-state index in [0.717, 1.165) is 30.4 Å². The molecule has 0 atom stereocenters. The van der Waals surface area contributed by atoms with Crippen molar-refractivity contribution >= 4 is 11.7 Å². The van der Waals surface area contributed by atoms with Crippen LogP contribution in [0.3, 0.4) is 0 Å². The molecule has 8 nitrogen and oxygen atoms in total. The second kappa shape index (κ2) is 4.80. The summed E-state index contributed by atoms with van der Waals surface area (Å²) in [6.45, 7) is 4.16. The fourth-order valence-corrected chi connectivity index (χ4v) is 2.28. The van der Waals surface area contributed by atoms with E-state index >= 15 is 0 Å². The number of amidine groups is 1. The van der Waals surface area contributed by atoms with Gasteiger partial charge in [0.2, 0.25) is 0 Å². The Balaban J connectivity index is 1.93. The summed E-state index contributed by atoms with van der Waals surface area (Å²) in [7, 11) is 0. The molecule has 0 saturated heterocycles. The zero-order valence-corrected chi connectivity index (χ0v) is 11.1. The third kappa shape index (κ3) is 2.15. The van der Waals surface area contributed by atoms with Crippen molar-refractivity contribution in [3.05, 3.63) is 35.5 Å². The Hall–Kier alpha value is -2.64. The zero-order chi connectivity index (χ0) is 14.1. The average Bonchev–Trinajstić information content (AvgIpc) is 2.93. The molecule has 0 aliphatic carbocycles. The number of anilines is 1. The van der Waals surface area contributed by atoms with Crippen LogP contribution in [0.1, 0.15) is 17.1 Å². The van der Waals surface area contributed by atoms with Crippen molar-refractivity contribution in [3.8, 4) is 0 Å². The van der Waals surface area contributed by atoms with Crippen LogP contribution in [0.15, 0.2) is 23.6 Å². The van der Waals surface area contributed by atoms with Crippen molar-refractivity contribution in [2.45, 2.75) is 20.0 Å². The lowest BCUT2D eigenvalue weighted by molar-refractivity contribution is 0.318. The number of aromatic nitrogens is 4. The first-order valence-electron chi connectivity index (χ1n) is 6.25. The fourth-order valence-electron chi connectivity index (χ4n) is 2.28. The summed E-state index contributed by atoms with van der Waals surface area (Å²) in [6, 6.07) is 3.60. The van der Waals surface area contributed by atoms with E-state index in [0.29, 0.717) is 12.1 Å². The molecule has 20 heavy (non-hydrogen) atoms. The number of pyridine rings is 1. The van der Waals surface area contributed by atoms with E-state index in [-0.39, 0.29) is 5.84 Å².